The van der Waals surface area contributed by atoms with Crippen LogP contribution in [0, 0.1) is 0 Å². The van der Waals surface area contributed by atoms with Crippen molar-refractivity contribution >= 4 is 0 Å². The van der Waals surface area contributed by atoms with E-state index in [2.05, 4.69) is 5.10 Å². The molecule has 0 aliphatic heterocycles. The quantitative estimate of drug-likeness (QED) is 0.846. The van der Waals surface area contributed by atoms with Gasteiger partial charge in [-0.15, -0.1) is 0 Å². The van der Waals surface area contributed by atoms with Gasteiger partial charge in [-0.25, -0.2) is 0 Å². The number of nitrogens with two attached hydrogens (primary N) is 1. The number of methoxy groups -OCH3 is 1. The summed E-state index contributed by atoms with van der Waals surface area (Å²) in [6.07, 6.45) is 3.35. The van der Waals surface area contributed by atoms with Crippen LogP contribution in [0.15, 0.2) is 30.5 Å². The van der Waals surface area contributed by atoms with E-state index >= 15 is 0 Å². The molecule has 2 rings (SSSR count). The minimum absolute atomic E-state index is 0.0801. The first-order valence-electron chi connectivity index (χ1n) is 7.13. The maximum absolute atomic E-state index is 5.97. The average molecular weight is 289 g/mol. The van der Waals surface area contributed by atoms with Gasteiger partial charge in [0.1, 0.15) is 0 Å². The summed E-state index contributed by atoms with van der Waals surface area (Å²) in [5.41, 5.74) is 8.12. The van der Waals surface area contributed by atoms with Crippen molar-refractivity contribution in [3.63, 3.8) is 0 Å². The molecule has 0 fully saturated rings. The largest absolute Gasteiger partial charge is 0.493 e. The Morgan fingerprint density at radius 3 is 2.76 bits per heavy atom. The summed E-state index contributed by atoms with van der Waals surface area (Å²) in [7, 11) is 3.58. The van der Waals surface area contributed by atoms with E-state index in [4.69, 9.17) is 15.2 Å². The number of hydrogen-bond acceptors (Lipinski definition) is 4. The Morgan fingerprint density at radius 1 is 1.33 bits per heavy atom. The van der Waals surface area contributed by atoms with Crippen molar-refractivity contribution in [3.8, 4) is 11.5 Å². The van der Waals surface area contributed by atoms with Crippen molar-refractivity contribution in [1.82, 2.24) is 9.78 Å². The van der Waals surface area contributed by atoms with Gasteiger partial charge < -0.3 is 15.2 Å². The molecule has 1 aromatic heterocycles. The second kappa shape index (κ2) is 7.13. The summed E-state index contributed by atoms with van der Waals surface area (Å²) in [6.45, 7) is 2.56. The van der Waals surface area contributed by atoms with Crippen LogP contribution in [-0.2, 0) is 19.9 Å². The van der Waals surface area contributed by atoms with Crippen molar-refractivity contribution in [2.24, 2.45) is 12.8 Å². The van der Waals surface area contributed by atoms with Gasteiger partial charge in [0.2, 0.25) is 0 Å². The van der Waals surface area contributed by atoms with Gasteiger partial charge in [0.25, 0.3) is 0 Å². The Labute approximate surface area is 125 Å². The Balaban J connectivity index is 2.08. The molecular weight excluding hydrogens is 266 g/mol. The van der Waals surface area contributed by atoms with Gasteiger partial charge in [-0.3, -0.25) is 4.68 Å². The number of benzene rings is 1. The van der Waals surface area contributed by atoms with Gasteiger partial charge >= 0.3 is 0 Å². The van der Waals surface area contributed by atoms with Crippen molar-refractivity contribution in [3.05, 3.63) is 41.7 Å². The van der Waals surface area contributed by atoms with Crippen LogP contribution in [0.2, 0.25) is 0 Å². The standard InChI is InChI=1S/C16H23N3O2/c1-12(17)11-13-5-4-6-15(20-3)16(13)21-10-8-14-7-9-18-19(14)2/h4-7,9,12H,8,10-11,17H2,1-3H3. The third-order valence-electron chi connectivity index (χ3n) is 3.35. The van der Waals surface area contributed by atoms with Crippen molar-refractivity contribution in [2.45, 2.75) is 25.8 Å². The van der Waals surface area contributed by atoms with Crippen LogP contribution in [0.4, 0.5) is 0 Å². The van der Waals surface area contributed by atoms with Gasteiger partial charge in [-0.05, 0) is 31.0 Å². The van der Waals surface area contributed by atoms with Gasteiger partial charge in [-0.2, -0.15) is 5.10 Å². The topological polar surface area (TPSA) is 62.3 Å². The molecule has 2 N–H and O–H groups in total. The van der Waals surface area contributed by atoms with E-state index in [1.165, 1.54) is 0 Å². The molecular formula is C16H23N3O2. The first kappa shape index (κ1) is 15.4. The summed E-state index contributed by atoms with van der Waals surface area (Å²) in [5, 5.41) is 4.15. The number of hydrogen-bond donors (Lipinski definition) is 1. The molecule has 1 atom stereocenters. The molecule has 0 saturated heterocycles. The molecule has 1 unspecified atom stereocenters. The maximum atomic E-state index is 5.97. The lowest BCUT2D eigenvalue weighted by Crippen LogP contribution is -2.18. The molecule has 5 nitrogen and oxygen atoms in total. The fraction of sp³-hybridized carbons (Fsp3) is 0.438. The second-order valence-electron chi connectivity index (χ2n) is 5.17. The van der Waals surface area contributed by atoms with Gasteiger partial charge in [-0.1, -0.05) is 12.1 Å². The molecule has 1 heterocycles. The lowest BCUT2D eigenvalue weighted by Gasteiger charge is -2.16. The zero-order valence-corrected chi connectivity index (χ0v) is 12.9. The Morgan fingerprint density at radius 2 is 2.14 bits per heavy atom. The molecule has 1 aromatic carbocycles. The second-order valence-corrected chi connectivity index (χ2v) is 5.17. The summed E-state index contributed by atoms with van der Waals surface area (Å²) in [4.78, 5) is 0. The molecule has 0 amide bonds. The van der Waals surface area contributed by atoms with Crippen LogP contribution in [-0.4, -0.2) is 29.5 Å². The monoisotopic (exact) mass is 289 g/mol. The van der Waals surface area contributed by atoms with E-state index < -0.39 is 0 Å². The van der Waals surface area contributed by atoms with Crippen LogP contribution in [0.1, 0.15) is 18.2 Å². The molecule has 0 bridgehead atoms. The molecule has 21 heavy (non-hydrogen) atoms. The van der Waals surface area contributed by atoms with Crippen LogP contribution in [0.5, 0.6) is 11.5 Å². The molecule has 2 aromatic rings. The highest BCUT2D eigenvalue weighted by atomic mass is 16.5. The van der Waals surface area contributed by atoms with Gasteiger partial charge in [0, 0.05) is 31.4 Å². The smallest absolute Gasteiger partial charge is 0.164 e. The predicted molar refractivity (Wildman–Crippen MR) is 82.8 cm³/mol. The van der Waals surface area contributed by atoms with Gasteiger partial charge in [0.15, 0.2) is 11.5 Å². The molecule has 0 aliphatic carbocycles. The Bertz CT molecular complexity index is 579. The molecule has 0 saturated carbocycles. The molecule has 0 aliphatic rings. The molecule has 0 spiro atoms. The highest BCUT2D eigenvalue weighted by Crippen LogP contribution is 2.31. The Kier molecular flexibility index (Phi) is 5.22. The van der Waals surface area contributed by atoms with E-state index in [0.29, 0.717) is 6.61 Å². The van der Waals surface area contributed by atoms with Crippen molar-refractivity contribution < 1.29 is 9.47 Å². The zero-order chi connectivity index (χ0) is 15.2. The summed E-state index contributed by atoms with van der Waals surface area (Å²) in [6, 6.07) is 7.98. The van der Waals surface area contributed by atoms with E-state index in [-0.39, 0.29) is 6.04 Å². The fourth-order valence-electron chi connectivity index (χ4n) is 2.30. The Hall–Kier alpha value is -2.01. The molecule has 114 valence electrons. The van der Waals surface area contributed by atoms with Crippen molar-refractivity contribution in [1.29, 1.82) is 0 Å². The van der Waals surface area contributed by atoms with Gasteiger partial charge in [0.05, 0.1) is 13.7 Å². The lowest BCUT2D eigenvalue weighted by atomic mass is 10.1. The zero-order valence-electron chi connectivity index (χ0n) is 12.9. The summed E-state index contributed by atoms with van der Waals surface area (Å²) >= 11 is 0. The third kappa shape index (κ3) is 3.98. The SMILES string of the molecule is COc1cccc(CC(C)N)c1OCCc1ccnn1C. The number of ether oxygens (including phenoxy) is 2. The number of aryl methyl sites for hydroxylation is 1. The number of aromatic nitrogens is 2. The minimum Gasteiger partial charge on any atom is -0.493 e. The maximum Gasteiger partial charge on any atom is 0.164 e. The third-order valence-corrected chi connectivity index (χ3v) is 3.35. The molecule has 0 radical (unpaired) electrons. The fourth-order valence-corrected chi connectivity index (χ4v) is 2.30. The van der Waals surface area contributed by atoms with Crippen LogP contribution in [0.25, 0.3) is 0 Å². The van der Waals surface area contributed by atoms with Crippen molar-refractivity contribution in [2.75, 3.05) is 13.7 Å². The van der Waals surface area contributed by atoms with E-state index in [1.807, 2.05) is 42.9 Å². The number of para-hydroxylation sites is 1. The van der Waals surface area contributed by atoms with Crippen LogP contribution >= 0.6 is 0 Å². The number of nitrogens with zero attached hydrogens (tertiary/aromatic N) is 2. The number of rotatable bonds is 7. The first-order chi connectivity index (χ1) is 10.1. The first-order valence-corrected chi connectivity index (χ1v) is 7.13. The lowest BCUT2D eigenvalue weighted by molar-refractivity contribution is 0.291. The van der Waals surface area contributed by atoms with Crippen LogP contribution in [0.3, 0.4) is 0 Å². The van der Waals surface area contributed by atoms with E-state index in [9.17, 15) is 0 Å². The highest BCUT2D eigenvalue weighted by molar-refractivity contribution is 5.47. The average Bonchev–Trinajstić information content (AvgIpc) is 2.85. The van der Waals surface area contributed by atoms with Crippen LogP contribution < -0.4 is 15.2 Å². The van der Waals surface area contributed by atoms with E-state index in [1.54, 1.807) is 13.3 Å². The summed E-state index contributed by atoms with van der Waals surface area (Å²) < 4.78 is 13.2. The normalized spacial score (nSPS) is 12.2. The predicted octanol–water partition coefficient (Wildman–Crippen LogP) is 1.94. The molecule has 5 heteroatoms. The summed E-state index contributed by atoms with van der Waals surface area (Å²) in [5.74, 6) is 1.54. The highest BCUT2D eigenvalue weighted by Gasteiger charge is 2.12. The van der Waals surface area contributed by atoms with E-state index in [0.717, 1.165) is 35.6 Å². The minimum atomic E-state index is 0.0801.